The van der Waals surface area contributed by atoms with Crippen molar-refractivity contribution in [2.24, 2.45) is 0 Å². The molecule has 8 nitrogen and oxygen atoms in total. The predicted octanol–water partition coefficient (Wildman–Crippen LogP) is 2.40. The fraction of sp³-hybridized carbons (Fsp3) is 0.810. The summed E-state index contributed by atoms with van der Waals surface area (Å²) in [6.45, 7) is 1.76. The van der Waals surface area contributed by atoms with Gasteiger partial charge < -0.3 is 15.4 Å². The van der Waals surface area contributed by atoms with Crippen LogP contribution in [0.3, 0.4) is 0 Å². The van der Waals surface area contributed by atoms with Gasteiger partial charge in [-0.3, -0.25) is 19.3 Å². The minimum Gasteiger partial charge on any atom is -0.453 e. The van der Waals surface area contributed by atoms with Gasteiger partial charge in [0.1, 0.15) is 5.54 Å². The van der Waals surface area contributed by atoms with Gasteiger partial charge in [0.2, 0.25) is 0 Å². The number of hydrogen-bond acceptors (Lipinski definition) is 5. The first-order chi connectivity index (χ1) is 13.9. The van der Waals surface area contributed by atoms with Crippen molar-refractivity contribution in [1.29, 1.82) is 0 Å². The Bertz CT molecular complexity index is 636. The number of carbonyl (C=O) groups excluding carboxylic acids is 4. The molecule has 3 aliphatic rings. The highest BCUT2D eigenvalue weighted by Gasteiger charge is 2.52. The van der Waals surface area contributed by atoms with Gasteiger partial charge in [-0.05, 0) is 39.0 Å². The lowest BCUT2D eigenvalue weighted by molar-refractivity contribution is -0.155. The van der Waals surface area contributed by atoms with Crippen molar-refractivity contribution in [1.82, 2.24) is 15.5 Å². The van der Waals surface area contributed by atoms with Crippen LogP contribution in [-0.2, 0) is 19.1 Å². The lowest BCUT2D eigenvalue weighted by atomic mass is 9.98. The van der Waals surface area contributed by atoms with E-state index in [-0.39, 0.29) is 36.9 Å². The third-order valence-electron chi connectivity index (χ3n) is 6.34. The molecule has 0 unspecified atom stereocenters. The minimum absolute atomic E-state index is 0.0606. The van der Waals surface area contributed by atoms with Crippen LogP contribution in [0.25, 0.3) is 0 Å². The predicted molar refractivity (Wildman–Crippen MR) is 106 cm³/mol. The maximum Gasteiger partial charge on any atom is 0.325 e. The van der Waals surface area contributed by atoms with Crippen LogP contribution < -0.4 is 10.6 Å². The molecule has 8 heteroatoms. The van der Waals surface area contributed by atoms with E-state index in [1.807, 2.05) is 0 Å². The Morgan fingerprint density at radius 1 is 1.14 bits per heavy atom. The first-order valence-corrected chi connectivity index (χ1v) is 11.1. The standard InChI is InChI=1S/C21H33N3O5/c1-15(18(26)22-16-9-4-2-3-5-10-16)29-17(25)11-8-14-24-19(27)21(23-20(24)28)12-6-7-13-21/h15-16H,2-14H2,1H3,(H,22,26)(H,23,28)/t15-/m0/s1. The van der Waals surface area contributed by atoms with E-state index in [1.54, 1.807) is 6.92 Å². The fourth-order valence-corrected chi connectivity index (χ4v) is 4.63. The Balaban J connectivity index is 1.37. The molecule has 2 saturated carbocycles. The number of esters is 1. The molecule has 162 valence electrons. The second kappa shape index (κ2) is 9.59. The zero-order chi connectivity index (χ0) is 20.9. The summed E-state index contributed by atoms with van der Waals surface area (Å²) >= 11 is 0. The molecule has 3 fully saturated rings. The highest BCUT2D eigenvalue weighted by atomic mass is 16.5. The molecule has 0 aromatic carbocycles. The van der Waals surface area contributed by atoms with Gasteiger partial charge in [-0.15, -0.1) is 0 Å². The topological polar surface area (TPSA) is 105 Å². The SMILES string of the molecule is C[C@H](OC(=O)CCCN1C(=O)NC2(CCCC2)C1=O)C(=O)NC1CCCCCC1. The monoisotopic (exact) mass is 407 g/mol. The Kier molecular flexibility index (Phi) is 7.14. The Morgan fingerprint density at radius 3 is 2.45 bits per heavy atom. The summed E-state index contributed by atoms with van der Waals surface area (Å²) in [6, 6.07) is -0.213. The van der Waals surface area contributed by atoms with Crippen LogP contribution in [0.1, 0.15) is 84.0 Å². The van der Waals surface area contributed by atoms with Crippen molar-refractivity contribution in [3.8, 4) is 0 Å². The normalized spacial score (nSPS) is 23.0. The summed E-state index contributed by atoms with van der Waals surface area (Å²) in [7, 11) is 0. The Hall–Kier alpha value is -2.12. The Morgan fingerprint density at radius 2 is 1.79 bits per heavy atom. The summed E-state index contributed by atoms with van der Waals surface area (Å²) in [5.41, 5.74) is -0.720. The second-order valence-corrected chi connectivity index (χ2v) is 8.61. The number of hydrogen-bond donors (Lipinski definition) is 2. The van der Waals surface area contributed by atoms with E-state index in [1.165, 1.54) is 17.7 Å². The summed E-state index contributed by atoms with van der Waals surface area (Å²) in [5.74, 6) is -0.928. The van der Waals surface area contributed by atoms with Crippen LogP contribution in [0.4, 0.5) is 4.79 Å². The maximum absolute atomic E-state index is 12.6. The number of carbonyl (C=O) groups is 4. The molecule has 1 spiro atoms. The number of imide groups is 1. The number of urea groups is 1. The molecule has 0 bridgehead atoms. The highest BCUT2D eigenvalue weighted by molar-refractivity contribution is 6.07. The van der Waals surface area contributed by atoms with Crippen molar-refractivity contribution in [2.45, 2.75) is 102 Å². The van der Waals surface area contributed by atoms with E-state index in [0.29, 0.717) is 19.3 Å². The number of amides is 4. The summed E-state index contributed by atoms with van der Waals surface area (Å²) in [4.78, 5) is 50.3. The molecule has 4 amide bonds. The second-order valence-electron chi connectivity index (χ2n) is 8.61. The Labute approximate surface area is 172 Å². The first kappa shape index (κ1) is 21.6. The van der Waals surface area contributed by atoms with Crippen molar-refractivity contribution in [3.05, 3.63) is 0 Å². The van der Waals surface area contributed by atoms with E-state index >= 15 is 0 Å². The van der Waals surface area contributed by atoms with Gasteiger partial charge in [0.25, 0.3) is 11.8 Å². The van der Waals surface area contributed by atoms with Crippen molar-refractivity contribution < 1.29 is 23.9 Å². The fourth-order valence-electron chi connectivity index (χ4n) is 4.63. The van der Waals surface area contributed by atoms with E-state index in [2.05, 4.69) is 10.6 Å². The molecule has 1 atom stereocenters. The van der Waals surface area contributed by atoms with Crippen LogP contribution in [0.5, 0.6) is 0 Å². The molecule has 0 aromatic heterocycles. The van der Waals surface area contributed by atoms with E-state index in [9.17, 15) is 19.2 Å². The molecule has 3 rings (SSSR count). The van der Waals surface area contributed by atoms with Crippen LogP contribution in [0.2, 0.25) is 0 Å². The highest BCUT2D eigenvalue weighted by Crippen LogP contribution is 2.35. The van der Waals surface area contributed by atoms with Crippen molar-refractivity contribution >= 4 is 23.8 Å². The van der Waals surface area contributed by atoms with Crippen LogP contribution >= 0.6 is 0 Å². The van der Waals surface area contributed by atoms with E-state index in [4.69, 9.17) is 4.74 Å². The lowest BCUT2D eigenvalue weighted by Gasteiger charge is -2.20. The van der Waals surface area contributed by atoms with E-state index in [0.717, 1.165) is 38.5 Å². The van der Waals surface area contributed by atoms with Crippen LogP contribution in [-0.4, -0.2) is 52.9 Å². The average molecular weight is 408 g/mol. The van der Waals surface area contributed by atoms with Gasteiger partial charge in [-0.2, -0.15) is 0 Å². The van der Waals surface area contributed by atoms with Gasteiger partial charge >= 0.3 is 12.0 Å². The van der Waals surface area contributed by atoms with Gasteiger partial charge in [0.15, 0.2) is 6.10 Å². The minimum atomic E-state index is -0.843. The number of rotatable bonds is 7. The molecule has 29 heavy (non-hydrogen) atoms. The summed E-state index contributed by atoms with van der Waals surface area (Å²) in [5, 5.41) is 5.81. The lowest BCUT2D eigenvalue weighted by Crippen LogP contribution is -2.44. The van der Waals surface area contributed by atoms with Gasteiger partial charge in [-0.1, -0.05) is 38.5 Å². The molecular formula is C21H33N3O5. The molecule has 2 N–H and O–H groups in total. The van der Waals surface area contributed by atoms with Crippen molar-refractivity contribution in [2.75, 3.05) is 6.54 Å². The van der Waals surface area contributed by atoms with Gasteiger partial charge in [0.05, 0.1) is 0 Å². The molecule has 0 radical (unpaired) electrons. The third-order valence-corrected chi connectivity index (χ3v) is 6.34. The summed E-state index contributed by atoms with van der Waals surface area (Å²) in [6.07, 6.45) is 9.37. The molecule has 1 saturated heterocycles. The van der Waals surface area contributed by atoms with Gasteiger partial charge in [-0.25, -0.2) is 4.79 Å². The molecule has 2 aliphatic carbocycles. The largest absolute Gasteiger partial charge is 0.453 e. The maximum atomic E-state index is 12.6. The first-order valence-electron chi connectivity index (χ1n) is 11.1. The van der Waals surface area contributed by atoms with Crippen molar-refractivity contribution in [3.63, 3.8) is 0 Å². The van der Waals surface area contributed by atoms with Crippen LogP contribution in [0, 0.1) is 0 Å². The molecular weight excluding hydrogens is 374 g/mol. The quantitative estimate of drug-likeness (QED) is 0.383. The van der Waals surface area contributed by atoms with Crippen LogP contribution in [0.15, 0.2) is 0 Å². The third kappa shape index (κ3) is 5.28. The molecule has 1 heterocycles. The number of nitrogens with zero attached hydrogens (tertiary/aromatic N) is 1. The number of nitrogens with one attached hydrogen (secondary N) is 2. The number of ether oxygens (including phenoxy) is 1. The molecule has 0 aromatic rings. The summed E-state index contributed by atoms with van der Waals surface area (Å²) < 4.78 is 5.24. The smallest absolute Gasteiger partial charge is 0.325 e. The van der Waals surface area contributed by atoms with Gasteiger partial charge in [0, 0.05) is 19.0 Å². The molecule has 1 aliphatic heterocycles. The van der Waals surface area contributed by atoms with E-state index < -0.39 is 17.6 Å². The average Bonchev–Trinajstić information content (AvgIpc) is 3.12. The zero-order valence-corrected chi connectivity index (χ0v) is 17.3. The zero-order valence-electron chi connectivity index (χ0n) is 17.3.